The van der Waals surface area contributed by atoms with Gasteiger partial charge >= 0.3 is 0 Å². The third-order valence-corrected chi connectivity index (χ3v) is 4.84. The summed E-state index contributed by atoms with van der Waals surface area (Å²) in [7, 11) is 0. The van der Waals surface area contributed by atoms with Crippen molar-refractivity contribution in [3.8, 4) is 0 Å². The first kappa shape index (κ1) is 18.6. The first-order chi connectivity index (χ1) is 12.4. The summed E-state index contributed by atoms with van der Waals surface area (Å²) in [5.74, 6) is -2.16. The van der Waals surface area contributed by atoms with Crippen LogP contribution in [0.25, 0.3) is 0 Å². The summed E-state index contributed by atoms with van der Waals surface area (Å²) in [6.45, 7) is 4.81. The molecule has 2 aromatic carbocycles. The van der Waals surface area contributed by atoms with Crippen molar-refractivity contribution in [1.82, 2.24) is 4.90 Å². The van der Waals surface area contributed by atoms with Crippen LogP contribution in [0.3, 0.4) is 0 Å². The lowest BCUT2D eigenvalue weighted by Crippen LogP contribution is -2.52. The predicted molar refractivity (Wildman–Crippen MR) is 99.7 cm³/mol. The van der Waals surface area contributed by atoms with E-state index in [2.05, 4.69) is 15.1 Å². The first-order valence-electron chi connectivity index (χ1n) is 8.44. The number of anilines is 2. The molecule has 1 aliphatic heterocycles. The van der Waals surface area contributed by atoms with Crippen LogP contribution in [-0.4, -0.2) is 43.0 Å². The molecule has 7 heteroatoms. The summed E-state index contributed by atoms with van der Waals surface area (Å²) in [6.07, 6.45) is 0. The first-order valence-corrected chi connectivity index (χ1v) is 8.82. The molecule has 1 atom stereocenters. The molecule has 0 spiro atoms. The van der Waals surface area contributed by atoms with E-state index in [0.717, 1.165) is 44.0 Å². The van der Waals surface area contributed by atoms with Gasteiger partial charge in [-0.2, -0.15) is 0 Å². The maximum absolute atomic E-state index is 13.3. The fraction of sp³-hybridized carbons (Fsp3) is 0.316. The van der Waals surface area contributed by atoms with Crippen molar-refractivity contribution in [3.63, 3.8) is 0 Å². The molecule has 2 aromatic rings. The van der Waals surface area contributed by atoms with Gasteiger partial charge in [0.2, 0.25) is 5.91 Å². The maximum Gasteiger partial charge on any atom is 0.241 e. The van der Waals surface area contributed by atoms with Crippen LogP contribution < -0.4 is 10.2 Å². The molecule has 0 bridgehead atoms. The van der Waals surface area contributed by atoms with Gasteiger partial charge in [-0.25, -0.2) is 8.78 Å². The fourth-order valence-corrected chi connectivity index (χ4v) is 3.21. The van der Waals surface area contributed by atoms with E-state index in [0.29, 0.717) is 5.02 Å². The van der Waals surface area contributed by atoms with Crippen LogP contribution in [0.1, 0.15) is 6.92 Å². The minimum Gasteiger partial charge on any atom is -0.369 e. The molecule has 0 aromatic heterocycles. The quantitative estimate of drug-likeness (QED) is 0.878. The van der Waals surface area contributed by atoms with Crippen LogP contribution in [0.15, 0.2) is 42.5 Å². The number of nitrogens with one attached hydrogen (secondary N) is 1. The molecule has 4 nitrogen and oxygen atoms in total. The molecule has 0 radical (unpaired) electrons. The smallest absolute Gasteiger partial charge is 0.241 e. The Morgan fingerprint density at radius 2 is 1.81 bits per heavy atom. The number of hydrogen-bond donors (Lipinski definition) is 1. The third kappa shape index (κ3) is 4.31. The Hall–Kier alpha value is -2.18. The lowest BCUT2D eigenvalue weighted by molar-refractivity contribution is -0.120. The SMILES string of the molecule is C[C@H](C(=O)Nc1ccc(F)c(F)c1)N1CCN(c2cccc(Cl)c2)CC1. The monoisotopic (exact) mass is 379 g/mol. The number of rotatable bonds is 4. The Bertz CT molecular complexity index is 794. The van der Waals surface area contributed by atoms with Crippen LogP contribution in [0.5, 0.6) is 0 Å². The number of hydrogen-bond acceptors (Lipinski definition) is 3. The van der Waals surface area contributed by atoms with Gasteiger partial charge in [0.25, 0.3) is 0 Å². The number of benzene rings is 2. The molecule has 1 fully saturated rings. The molecular formula is C19H20ClF2N3O. The number of piperazine rings is 1. The highest BCUT2D eigenvalue weighted by atomic mass is 35.5. The van der Waals surface area contributed by atoms with E-state index < -0.39 is 11.6 Å². The van der Waals surface area contributed by atoms with E-state index in [4.69, 9.17) is 11.6 Å². The molecule has 138 valence electrons. The molecule has 1 heterocycles. The second-order valence-corrected chi connectivity index (χ2v) is 6.73. The summed E-state index contributed by atoms with van der Waals surface area (Å²) in [6, 6.07) is 10.7. The van der Waals surface area contributed by atoms with Gasteiger partial charge in [-0.3, -0.25) is 9.69 Å². The second-order valence-electron chi connectivity index (χ2n) is 6.30. The van der Waals surface area contributed by atoms with E-state index >= 15 is 0 Å². The van der Waals surface area contributed by atoms with Gasteiger partial charge in [0.15, 0.2) is 11.6 Å². The molecule has 1 saturated heterocycles. The second kappa shape index (κ2) is 8.01. The van der Waals surface area contributed by atoms with Gasteiger partial charge in [0.05, 0.1) is 6.04 Å². The van der Waals surface area contributed by atoms with E-state index in [1.165, 1.54) is 6.07 Å². The Morgan fingerprint density at radius 1 is 1.08 bits per heavy atom. The standard InChI is InChI=1S/C19H20ClF2N3O/c1-13(19(26)23-15-5-6-17(21)18(22)12-15)24-7-9-25(10-8-24)16-4-2-3-14(20)11-16/h2-6,11-13H,7-10H2,1H3,(H,23,26)/t13-/m1/s1. The van der Waals surface area contributed by atoms with E-state index in [1.807, 2.05) is 31.2 Å². The molecule has 0 saturated carbocycles. The normalized spacial score (nSPS) is 16.4. The zero-order valence-electron chi connectivity index (χ0n) is 14.4. The lowest BCUT2D eigenvalue weighted by atomic mass is 10.2. The van der Waals surface area contributed by atoms with E-state index in [-0.39, 0.29) is 17.6 Å². The number of halogens is 3. The molecule has 3 rings (SSSR count). The van der Waals surface area contributed by atoms with E-state index in [9.17, 15) is 13.6 Å². The Labute approximate surface area is 156 Å². The Balaban J connectivity index is 1.56. The average Bonchev–Trinajstić information content (AvgIpc) is 2.64. The predicted octanol–water partition coefficient (Wildman–Crippen LogP) is 3.77. The summed E-state index contributed by atoms with van der Waals surface area (Å²) < 4.78 is 26.2. The van der Waals surface area contributed by atoms with Crippen molar-refractivity contribution in [1.29, 1.82) is 0 Å². The van der Waals surface area contributed by atoms with Crippen molar-refractivity contribution in [2.75, 3.05) is 36.4 Å². The Morgan fingerprint density at radius 3 is 2.46 bits per heavy atom. The number of carbonyl (C=O) groups excluding carboxylic acids is 1. The van der Waals surface area contributed by atoms with E-state index in [1.54, 1.807) is 0 Å². The molecule has 0 aliphatic carbocycles. The molecule has 0 unspecified atom stereocenters. The lowest BCUT2D eigenvalue weighted by Gasteiger charge is -2.38. The van der Waals surface area contributed by atoms with Crippen molar-refractivity contribution in [2.45, 2.75) is 13.0 Å². The van der Waals surface area contributed by atoms with Gasteiger partial charge in [0.1, 0.15) is 0 Å². The topological polar surface area (TPSA) is 35.6 Å². The minimum atomic E-state index is -0.981. The van der Waals surface area contributed by atoms with Crippen LogP contribution in [0.2, 0.25) is 5.02 Å². The number of carbonyl (C=O) groups is 1. The van der Waals surface area contributed by atoms with Crippen molar-refractivity contribution in [3.05, 3.63) is 59.1 Å². The van der Waals surface area contributed by atoms with Gasteiger partial charge in [-0.1, -0.05) is 17.7 Å². The van der Waals surface area contributed by atoms with Crippen LogP contribution in [0.4, 0.5) is 20.2 Å². The largest absolute Gasteiger partial charge is 0.369 e. The highest BCUT2D eigenvalue weighted by Crippen LogP contribution is 2.21. The highest BCUT2D eigenvalue weighted by Gasteiger charge is 2.26. The molecule has 1 N–H and O–H groups in total. The van der Waals surface area contributed by atoms with Crippen LogP contribution >= 0.6 is 11.6 Å². The van der Waals surface area contributed by atoms with Crippen molar-refractivity contribution < 1.29 is 13.6 Å². The van der Waals surface area contributed by atoms with Crippen LogP contribution in [-0.2, 0) is 4.79 Å². The summed E-state index contributed by atoms with van der Waals surface area (Å²) in [4.78, 5) is 16.7. The van der Waals surface area contributed by atoms with Crippen molar-refractivity contribution in [2.24, 2.45) is 0 Å². The third-order valence-electron chi connectivity index (χ3n) is 4.60. The number of amides is 1. The fourth-order valence-electron chi connectivity index (χ4n) is 3.03. The minimum absolute atomic E-state index is 0.243. The van der Waals surface area contributed by atoms with Gasteiger partial charge in [-0.05, 0) is 37.3 Å². The zero-order chi connectivity index (χ0) is 18.7. The molecule has 1 amide bonds. The maximum atomic E-state index is 13.3. The van der Waals surface area contributed by atoms with Crippen LogP contribution in [0, 0.1) is 11.6 Å². The van der Waals surface area contributed by atoms with Gasteiger partial charge < -0.3 is 10.2 Å². The van der Waals surface area contributed by atoms with Gasteiger partial charge in [-0.15, -0.1) is 0 Å². The molecule has 1 aliphatic rings. The highest BCUT2D eigenvalue weighted by molar-refractivity contribution is 6.30. The molecular weight excluding hydrogens is 360 g/mol. The summed E-state index contributed by atoms with van der Waals surface area (Å²) >= 11 is 6.04. The summed E-state index contributed by atoms with van der Waals surface area (Å²) in [5, 5.41) is 3.34. The zero-order valence-corrected chi connectivity index (χ0v) is 15.1. The Kier molecular flexibility index (Phi) is 5.74. The average molecular weight is 380 g/mol. The van der Waals surface area contributed by atoms with Crippen molar-refractivity contribution >= 4 is 28.9 Å². The number of nitrogens with zero attached hydrogens (tertiary/aromatic N) is 2. The summed E-state index contributed by atoms with van der Waals surface area (Å²) in [5.41, 5.74) is 1.31. The molecule has 26 heavy (non-hydrogen) atoms. The van der Waals surface area contributed by atoms with Gasteiger partial charge in [0, 0.05) is 48.6 Å².